The second-order valence-corrected chi connectivity index (χ2v) is 17.1. The largest absolute Gasteiger partial charge is 0.381 e. The predicted octanol–water partition coefficient (Wildman–Crippen LogP) is 6.17. The maximum atomic E-state index is 13.8. The number of rotatable bonds is 4. The van der Waals surface area contributed by atoms with E-state index in [-0.39, 0.29) is 48.4 Å². The SMILES string of the molecule is COC1CCC2(CC1)Cc1ccc(Br)cc1C21N=C(N)N(C(C)C)C1=O.COC1CCC2(CC1)Cc1ccccc1C21N=C(N)N(C(C)C)C1=O.[HH]. The maximum absolute atomic E-state index is 13.8. The molecule has 2 atom stereocenters. The van der Waals surface area contributed by atoms with Crippen LogP contribution in [0.25, 0.3) is 0 Å². The highest BCUT2D eigenvalue weighted by Crippen LogP contribution is 2.63. The van der Waals surface area contributed by atoms with E-state index in [2.05, 4.69) is 52.3 Å². The van der Waals surface area contributed by atoms with Gasteiger partial charge in [0.05, 0.1) is 12.2 Å². The molecule has 2 amide bonds. The van der Waals surface area contributed by atoms with Crippen molar-refractivity contribution in [1.82, 2.24) is 9.80 Å². The standard InChI is InChI=1S/C20H26BrN3O2.C20H27N3O2.H2/c1-12(2)24-17(25)20(23-18(24)22)16-10-14(21)5-4-13(16)11-19(20)8-6-15(26-3)7-9-19;1-13(2)23-17(24)20(22-18(23)21)16-7-5-4-6-14(16)12-19(20)10-8-15(25-3)9-11-19;/h4-5,10,12,15H,6-9,11H2,1-3H3,(H2,22,23);4-7,13,15H,8-12H2,1-3H3,(H2,21,22);1H. The Morgan fingerprint density at radius 3 is 1.59 bits per heavy atom. The van der Waals surface area contributed by atoms with Gasteiger partial charge in [-0.3, -0.25) is 19.4 Å². The van der Waals surface area contributed by atoms with Crippen molar-refractivity contribution in [3.05, 3.63) is 69.2 Å². The van der Waals surface area contributed by atoms with Gasteiger partial charge in [0.1, 0.15) is 0 Å². The number of carbonyl (C=O) groups excluding carboxylic acids is 2. The molecule has 0 bridgehead atoms. The van der Waals surface area contributed by atoms with Crippen LogP contribution in [0.4, 0.5) is 0 Å². The summed E-state index contributed by atoms with van der Waals surface area (Å²) in [6, 6.07) is 14.6. The monoisotopic (exact) mass is 762 g/mol. The second-order valence-electron chi connectivity index (χ2n) is 16.1. The van der Waals surface area contributed by atoms with Gasteiger partial charge in [0.15, 0.2) is 23.0 Å². The first-order valence-electron chi connectivity index (χ1n) is 18.6. The van der Waals surface area contributed by atoms with E-state index in [1.54, 1.807) is 24.0 Å². The number of benzene rings is 2. The molecule has 8 rings (SSSR count). The molecule has 11 heteroatoms. The lowest BCUT2D eigenvalue weighted by Gasteiger charge is -2.45. The molecule has 4 spiro atoms. The summed E-state index contributed by atoms with van der Waals surface area (Å²) in [5.74, 6) is 0.814. The first kappa shape index (κ1) is 36.1. The lowest BCUT2D eigenvalue weighted by molar-refractivity contribution is -0.140. The number of hydrogen-bond acceptors (Lipinski definition) is 8. The van der Waals surface area contributed by atoms with Gasteiger partial charge in [-0.1, -0.05) is 46.3 Å². The number of aliphatic imine (C=N–C) groups is 2. The fourth-order valence-corrected chi connectivity index (χ4v) is 11.0. The lowest BCUT2D eigenvalue weighted by Crippen LogP contribution is -2.53. The van der Waals surface area contributed by atoms with Crippen LogP contribution in [0.5, 0.6) is 0 Å². The van der Waals surface area contributed by atoms with E-state index < -0.39 is 11.1 Å². The van der Waals surface area contributed by atoms with Crippen molar-refractivity contribution in [2.45, 2.75) is 127 Å². The number of halogens is 1. The number of hydrogen-bond donors (Lipinski definition) is 2. The van der Waals surface area contributed by atoms with Gasteiger partial charge in [0, 0.05) is 43.0 Å². The number of methoxy groups -OCH3 is 2. The van der Waals surface area contributed by atoms with E-state index in [0.717, 1.165) is 79.8 Å². The molecular weight excluding hydrogens is 708 g/mol. The minimum Gasteiger partial charge on any atom is -0.381 e. The Hall–Kier alpha value is -3.28. The first-order valence-corrected chi connectivity index (χ1v) is 19.4. The van der Waals surface area contributed by atoms with E-state index >= 15 is 0 Å². The molecule has 2 fully saturated rings. The third-order valence-corrected chi connectivity index (χ3v) is 13.5. The third-order valence-electron chi connectivity index (χ3n) is 13.1. The Morgan fingerprint density at radius 2 is 1.16 bits per heavy atom. The van der Waals surface area contributed by atoms with Crippen LogP contribution >= 0.6 is 15.9 Å². The molecule has 51 heavy (non-hydrogen) atoms. The number of nitrogens with two attached hydrogens (primary N) is 2. The number of guanidine groups is 2. The Labute approximate surface area is 312 Å². The molecule has 2 aromatic rings. The second kappa shape index (κ2) is 13.0. The van der Waals surface area contributed by atoms with Crippen LogP contribution in [-0.4, -0.2) is 72.0 Å². The van der Waals surface area contributed by atoms with Crippen molar-refractivity contribution in [2.24, 2.45) is 32.3 Å². The summed E-state index contributed by atoms with van der Waals surface area (Å²) >= 11 is 3.58. The normalized spacial score (nSPS) is 33.8. The highest BCUT2D eigenvalue weighted by atomic mass is 79.9. The van der Waals surface area contributed by atoms with E-state index in [1.165, 1.54) is 11.1 Å². The molecule has 2 unspecified atom stereocenters. The summed E-state index contributed by atoms with van der Waals surface area (Å²) < 4.78 is 12.1. The number of ether oxygens (including phenoxy) is 2. The zero-order valence-electron chi connectivity index (χ0n) is 30.9. The number of fused-ring (bicyclic) bond motifs is 6. The van der Waals surface area contributed by atoms with Crippen molar-refractivity contribution >= 4 is 39.7 Å². The summed E-state index contributed by atoms with van der Waals surface area (Å²) in [4.78, 5) is 40.6. The van der Waals surface area contributed by atoms with Gasteiger partial charge >= 0.3 is 0 Å². The molecule has 4 aliphatic carbocycles. The zero-order valence-corrected chi connectivity index (χ0v) is 32.5. The third kappa shape index (κ3) is 5.15. The van der Waals surface area contributed by atoms with Gasteiger partial charge in [0.25, 0.3) is 11.8 Å². The molecule has 4 N–H and O–H groups in total. The van der Waals surface area contributed by atoms with Crippen molar-refractivity contribution in [3.63, 3.8) is 0 Å². The molecule has 10 nitrogen and oxygen atoms in total. The Morgan fingerprint density at radius 1 is 0.725 bits per heavy atom. The zero-order chi connectivity index (χ0) is 36.5. The number of carbonyl (C=O) groups is 2. The molecule has 0 aromatic heterocycles. The van der Waals surface area contributed by atoms with Crippen LogP contribution in [0.1, 0.15) is 103 Å². The van der Waals surface area contributed by atoms with Gasteiger partial charge in [-0.25, -0.2) is 9.98 Å². The van der Waals surface area contributed by atoms with Crippen LogP contribution in [0.15, 0.2) is 56.9 Å². The highest BCUT2D eigenvalue weighted by molar-refractivity contribution is 9.10. The van der Waals surface area contributed by atoms with Crippen molar-refractivity contribution in [1.29, 1.82) is 0 Å². The average Bonchev–Trinajstić information content (AvgIpc) is 3.73. The molecule has 6 aliphatic rings. The van der Waals surface area contributed by atoms with Crippen LogP contribution in [0, 0.1) is 10.8 Å². The first-order chi connectivity index (χ1) is 24.3. The molecular formula is C40H55BrN6O4. The number of nitrogens with zero attached hydrogens (tertiary/aromatic N) is 4. The Kier molecular flexibility index (Phi) is 9.19. The topological polar surface area (TPSA) is 136 Å². The molecule has 276 valence electrons. The van der Waals surface area contributed by atoms with Crippen molar-refractivity contribution in [2.75, 3.05) is 14.2 Å². The van der Waals surface area contributed by atoms with Gasteiger partial charge in [-0.05, 0) is 126 Å². The summed E-state index contributed by atoms with van der Waals surface area (Å²) in [6.07, 6.45) is 9.90. The summed E-state index contributed by atoms with van der Waals surface area (Å²) in [6.45, 7) is 7.97. The molecule has 2 heterocycles. The van der Waals surface area contributed by atoms with E-state index in [1.807, 2.05) is 33.8 Å². The minimum atomic E-state index is -0.890. The average molecular weight is 764 g/mol. The molecule has 2 aromatic carbocycles. The van der Waals surface area contributed by atoms with Crippen LogP contribution in [-0.2, 0) is 43.0 Å². The quantitative estimate of drug-likeness (QED) is 0.383. The summed E-state index contributed by atoms with van der Waals surface area (Å²) in [5, 5.41) is 0. The molecule has 2 aliphatic heterocycles. The minimum absolute atomic E-state index is 0. The predicted molar refractivity (Wildman–Crippen MR) is 204 cm³/mol. The Bertz CT molecular complexity index is 1780. The van der Waals surface area contributed by atoms with Crippen molar-refractivity contribution < 1.29 is 20.5 Å². The number of amides is 2. The van der Waals surface area contributed by atoms with Crippen LogP contribution in [0.3, 0.4) is 0 Å². The van der Waals surface area contributed by atoms with E-state index in [9.17, 15) is 9.59 Å². The van der Waals surface area contributed by atoms with Crippen molar-refractivity contribution in [3.8, 4) is 0 Å². The van der Waals surface area contributed by atoms with E-state index in [0.29, 0.717) is 11.9 Å². The maximum Gasteiger partial charge on any atom is 0.262 e. The molecule has 2 saturated carbocycles. The van der Waals surface area contributed by atoms with Gasteiger partial charge in [-0.15, -0.1) is 0 Å². The van der Waals surface area contributed by atoms with Crippen LogP contribution < -0.4 is 11.5 Å². The summed E-state index contributed by atoms with van der Waals surface area (Å²) in [5.41, 5.74) is 15.0. The molecule has 0 saturated heterocycles. The van der Waals surface area contributed by atoms with Gasteiger partial charge in [-0.2, -0.15) is 0 Å². The fraction of sp³-hybridized carbons (Fsp3) is 0.600. The summed E-state index contributed by atoms with van der Waals surface area (Å²) in [7, 11) is 3.55. The fourth-order valence-electron chi connectivity index (χ4n) is 10.6. The van der Waals surface area contributed by atoms with Crippen LogP contribution in [0.2, 0.25) is 0 Å². The Balaban J connectivity index is 0.000000175. The smallest absolute Gasteiger partial charge is 0.262 e. The molecule has 0 radical (unpaired) electrons. The highest BCUT2D eigenvalue weighted by Gasteiger charge is 2.68. The lowest BCUT2D eigenvalue weighted by atomic mass is 9.61. The van der Waals surface area contributed by atoms with Gasteiger partial charge < -0.3 is 20.9 Å². The van der Waals surface area contributed by atoms with Gasteiger partial charge in [0.2, 0.25) is 0 Å². The van der Waals surface area contributed by atoms with E-state index in [4.69, 9.17) is 30.9 Å².